The Hall–Kier alpha value is -1.77. The molecule has 2 aromatic rings. The van der Waals surface area contributed by atoms with Gasteiger partial charge in [0.1, 0.15) is 5.82 Å². The van der Waals surface area contributed by atoms with E-state index in [1.165, 1.54) is 22.0 Å². The molecule has 0 spiro atoms. The molecule has 8 heteroatoms. The van der Waals surface area contributed by atoms with Gasteiger partial charge >= 0.3 is 0 Å². The quantitative estimate of drug-likeness (QED) is 0.715. The first kappa shape index (κ1) is 20.5. The van der Waals surface area contributed by atoms with Crippen molar-refractivity contribution < 1.29 is 17.6 Å². The van der Waals surface area contributed by atoms with E-state index in [9.17, 15) is 17.6 Å². The summed E-state index contributed by atoms with van der Waals surface area (Å²) in [4.78, 5) is 12.8. The summed E-state index contributed by atoms with van der Waals surface area (Å²) in [5.74, 6) is -1.13. The Labute approximate surface area is 178 Å². The number of sulfonamides is 1. The van der Waals surface area contributed by atoms with Crippen molar-refractivity contribution in [3.05, 3.63) is 57.8 Å². The largest absolute Gasteiger partial charge is 0.323 e. The van der Waals surface area contributed by atoms with Gasteiger partial charge in [0.25, 0.3) is 0 Å². The molecule has 0 unspecified atom stereocenters. The number of halogens is 2. The van der Waals surface area contributed by atoms with Crippen LogP contribution in [-0.2, 0) is 27.7 Å². The van der Waals surface area contributed by atoms with Gasteiger partial charge < -0.3 is 5.32 Å². The molecule has 1 aliphatic heterocycles. The Balaban J connectivity index is 1.40. The number of carbonyl (C=O) groups is 1. The molecule has 29 heavy (non-hydrogen) atoms. The van der Waals surface area contributed by atoms with Gasteiger partial charge in [0.05, 0.1) is 10.6 Å². The van der Waals surface area contributed by atoms with E-state index in [1.807, 2.05) is 6.07 Å². The number of fused-ring (bicyclic) bond motifs is 1. The van der Waals surface area contributed by atoms with Crippen LogP contribution in [0.5, 0.6) is 0 Å². The second-order valence-electron chi connectivity index (χ2n) is 7.58. The molecule has 2 aliphatic rings. The number of rotatable bonds is 4. The van der Waals surface area contributed by atoms with Crippen molar-refractivity contribution in [1.29, 1.82) is 0 Å². The lowest BCUT2D eigenvalue weighted by Crippen LogP contribution is -2.41. The number of aryl methyl sites for hydroxylation is 2. The van der Waals surface area contributed by atoms with Gasteiger partial charge in [-0.25, -0.2) is 12.8 Å². The topological polar surface area (TPSA) is 66.5 Å². The van der Waals surface area contributed by atoms with Crippen molar-refractivity contribution in [3.8, 4) is 0 Å². The fraction of sp³-hybridized carbons (Fsp3) is 0.381. The number of piperidine rings is 1. The Bertz CT molecular complexity index is 1050. The zero-order valence-electron chi connectivity index (χ0n) is 15.8. The molecule has 4 rings (SSSR count). The monoisotopic (exact) mass is 480 g/mol. The normalized spacial score (nSPS) is 17.9. The van der Waals surface area contributed by atoms with Crippen LogP contribution in [0.4, 0.5) is 10.1 Å². The molecule has 1 fully saturated rings. The minimum atomic E-state index is -3.57. The van der Waals surface area contributed by atoms with Crippen LogP contribution in [0.15, 0.2) is 45.8 Å². The van der Waals surface area contributed by atoms with Crippen molar-refractivity contribution in [1.82, 2.24) is 4.31 Å². The molecule has 1 saturated heterocycles. The molecule has 2 aromatic carbocycles. The van der Waals surface area contributed by atoms with Crippen LogP contribution in [0.1, 0.15) is 30.4 Å². The Morgan fingerprint density at radius 3 is 2.52 bits per heavy atom. The highest BCUT2D eigenvalue weighted by Crippen LogP contribution is 2.29. The maximum atomic E-state index is 13.9. The third-order valence-electron chi connectivity index (χ3n) is 5.72. The Morgan fingerprint density at radius 1 is 1.07 bits per heavy atom. The molecular formula is C21H22BrFN2O3S. The second kappa shape index (κ2) is 8.16. The highest BCUT2D eigenvalue weighted by atomic mass is 79.9. The first-order chi connectivity index (χ1) is 13.8. The van der Waals surface area contributed by atoms with Crippen LogP contribution < -0.4 is 5.32 Å². The molecule has 0 aromatic heterocycles. The molecule has 1 heterocycles. The van der Waals surface area contributed by atoms with Crippen LogP contribution in [0.3, 0.4) is 0 Å². The van der Waals surface area contributed by atoms with Gasteiger partial charge in [-0.2, -0.15) is 4.31 Å². The highest BCUT2D eigenvalue weighted by molar-refractivity contribution is 9.10. The zero-order chi connectivity index (χ0) is 20.6. The van der Waals surface area contributed by atoms with Gasteiger partial charge in [-0.05, 0) is 73.6 Å². The van der Waals surface area contributed by atoms with Crippen molar-refractivity contribution in [2.75, 3.05) is 18.4 Å². The van der Waals surface area contributed by atoms with E-state index >= 15 is 0 Å². The third kappa shape index (κ3) is 4.25. The summed E-state index contributed by atoms with van der Waals surface area (Å²) in [6.07, 6.45) is 3.82. The number of amides is 1. The van der Waals surface area contributed by atoms with E-state index in [0.717, 1.165) is 24.8 Å². The number of nitrogens with zero attached hydrogens (tertiary/aromatic N) is 1. The van der Waals surface area contributed by atoms with Crippen LogP contribution in [-0.4, -0.2) is 31.7 Å². The average molecular weight is 481 g/mol. The number of nitrogens with one attached hydrogen (secondary N) is 1. The lowest BCUT2D eigenvalue weighted by Gasteiger charge is -2.30. The van der Waals surface area contributed by atoms with E-state index in [0.29, 0.717) is 22.2 Å². The number of hydrogen-bond donors (Lipinski definition) is 1. The maximum Gasteiger partial charge on any atom is 0.243 e. The van der Waals surface area contributed by atoms with Crippen LogP contribution in [0.2, 0.25) is 0 Å². The molecule has 1 aliphatic carbocycles. The van der Waals surface area contributed by atoms with Crippen LogP contribution in [0, 0.1) is 11.7 Å². The van der Waals surface area contributed by atoms with Gasteiger partial charge in [0.2, 0.25) is 15.9 Å². The SMILES string of the molecule is O=C(Nc1ccc(Br)cc1F)C1CCN(S(=O)(=O)c2ccc3c(c2)CCC3)CC1. The van der Waals surface area contributed by atoms with E-state index in [-0.39, 0.29) is 30.6 Å². The molecule has 1 amide bonds. The zero-order valence-corrected chi connectivity index (χ0v) is 18.2. The minimum Gasteiger partial charge on any atom is -0.323 e. The van der Waals surface area contributed by atoms with Crippen molar-refractivity contribution >= 4 is 37.5 Å². The molecule has 0 saturated carbocycles. The molecule has 0 atom stereocenters. The third-order valence-corrected chi connectivity index (χ3v) is 8.11. The lowest BCUT2D eigenvalue weighted by atomic mass is 9.97. The summed E-state index contributed by atoms with van der Waals surface area (Å²) < 4.78 is 42.0. The minimum absolute atomic E-state index is 0.131. The lowest BCUT2D eigenvalue weighted by molar-refractivity contribution is -0.120. The number of benzene rings is 2. The molecule has 154 valence electrons. The van der Waals surface area contributed by atoms with Gasteiger partial charge in [-0.15, -0.1) is 0 Å². The van der Waals surface area contributed by atoms with E-state index in [2.05, 4.69) is 21.2 Å². The van der Waals surface area contributed by atoms with Crippen LogP contribution >= 0.6 is 15.9 Å². The van der Waals surface area contributed by atoms with Gasteiger partial charge in [-0.1, -0.05) is 22.0 Å². The fourth-order valence-electron chi connectivity index (χ4n) is 4.04. The summed E-state index contributed by atoms with van der Waals surface area (Å²) in [6.45, 7) is 0.556. The summed E-state index contributed by atoms with van der Waals surface area (Å²) in [5.41, 5.74) is 2.49. The number of anilines is 1. The summed E-state index contributed by atoms with van der Waals surface area (Å²) in [6, 6.07) is 9.86. The molecule has 1 N–H and O–H groups in total. The van der Waals surface area contributed by atoms with Crippen LogP contribution in [0.25, 0.3) is 0 Å². The Kier molecular flexibility index (Phi) is 5.77. The molecular weight excluding hydrogens is 459 g/mol. The highest BCUT2D eigenvalue weighted by Gasteiger charge is 2.32. The summed E-state index contributed by atoms with van der Waals surface area (Å²) in [5, 5.41) is 2.62. The number of carbonyl (C=O) groups excluding carboxylic acids is 1. The standard InChI is InChI=1S/C21H22BrFN2O3S/c22-17-5-7-20(19(23)13-17)24-21(26)15-8-10-25(11-9-15)29(27,28)18-6-4-14-2-1-3-16(14)12-18/h4-7,12-13,15H,1-3,8-11H2,(H,24,26). The molecule has 5 nitrogen and oxygen atoms in total. The summed E-state index contributed by atoms with van der Waals surface area (Å²) >= 11 is 3.18. The van der Waals surface area contributed by atoms with Crippen molar-refractivity contribution in [2.24, 2.45) is 5.92 Å². The smallest absolute Gasteiger partial charge is 0.243 e. The summed E-state index contributed by atoms with van der Waals surface area (Å²) in [7, 11) is -3.57. The average Bonchev–Trinajstić information content (AvgIpc) is 3.18. The van der Waals surface area contributed by atoms with Gasteiger partial charge in [0.15, 0.2) is 0 Å². The van der Waals surface area contributed by atoms with E-state index < -0.39 is 15.8 Å². The predicted molar refractivity (Wildman–Crippen MR) is 113 cm³/mol. The first-order valence-corrected chi connectivity index (χ1v) is 12.0. The van der Waals surface area contributed by atoms with Crippen molar-refractivity contribution in [2.45, 2.75) is 37.0 Å². The van der Waals surface area contributed by atoms with E-state index in [4.69, 9.17) is 0 Å². The predicted octanol–water partition coefficient (Wildman–Crippen LogP) is 4.12. The Morgan fingerprint density at radius 2 is 1.79 bits per heavy atom. The van der Waals surface area contributed by atoms with Gasteiger partial charge in [0, 0.05) is 23.5 Å². The first-order valence-electron chi connectivity index (χ1n) is 9.72. The van der Waals surface area contributed by atoms with E-state index in [1.54, 1.807) is 18.2 Å². The van der Waals surface area contributed by atoms with Crippen molar-refractivity contribution in [3.63, 3.8) is 0 Å². The maximum absolute atomic E-state index is 13.9. The second-order valence-corrected chi connectivity index (χ2v) is 10.4. The van der Waals surface area contributed by atoms with Gasteiger partial charge in [-0.3, -0.25) is 4.79 Å². The molecule has 0 radical (unpaired) electrons. The fourth-order valence-corrected chi connectivity index (χ4v) is 5.90. The molecule has 0 bridgehead atoms. The number of hydrogen-bond acceptors (Lipinski definition) is 3.